The highest BCUT2D eigenvalue weighted by atomic mass is 19.4. The Morgan fingerprint density at radius 3 is 2.49 bits per heavy atom. The smallest absolute Gasteiger partial charge is 0.370 e. The SMILES string of the molecule is CNC(=O)[C@@H]1CN(c2ccc(C#N)c(C(F)(F)F)c2)C[C@H]1C1CCN(C(=O)c2cncn2C)CC1. The summed E-state index contributed by atoms with van der Waals surface area (Å²) in [5, 5.41) is 11.8. The predicted molar refractivity (Wildman–Crippen MR) is 121 cm³/mol. The second-order valence-corrected chi connectivity index (χ2v) is 9.15. The number of nitrogens with zero attached hydrogens (tertiary/aromatic N) is 5. The summed E-state index contributed by atoms with van der Waals surface area (Å²) in [6.07, 6.45) is -0.118. The van der Waals surface area contributed by atoms with Crippen molar-refractivity contribution in [2.24, 2.45) is 24.8 Å². The molecule has 2 fully saturated rings. The fourth-order valence-electron chi connectivity index (χ4n) is 5.30. The molecule has 1 aromatic carbocycles. The van der Waals surface area contributed by atoms with Gasteiger partial charge in [0.25, 0.3) is 5.91 Å². The van der Waals surface area contributed by atoms with Gasteiger partial charge in [0.1, 0.15) is 5.69 Å². The van der Waals surface area contributed by atoms with Crippen molar-refractivity contribution in [1.82, 2.24) is 19.8 Å². The van der Waals surface area contributed by atoms with Crippen LogP contribution in [0.3, 0.4) is 0 Å². The van der Waals surface area contributed by atoms with Crippen LogP contribution in [0.5, 0.6) is 0 Å². The number of nitriles is 1. The van der Waals surface area contributed by atoms with Gasteiger partial charge in [-0.15, -0.1) is 0 Å². The standard InChI is InChI=1S/C24H27F3N6O2/c1-29-22(34)19-13-33(17-4-3-16(10-28)20(9-17)24(25,26)27)12-18(19)15-5-7-32(8-6-15)23(35)21-11-30-14-31(21)2/h3-4,9,11,14-15,18-19H,5-8,12-13H2,1-2H3,(H,29,34)/t18-,19+/m0/s1. The normalized spacial score (nSPS) is 21.1. The lowest BCUT2D eigenvalue weighted by atomic mass is 9.78. The van der Waals surface area contributed by atoms with Crippen LogP contribution in [-0.2, 0) is 18.0 Å². The molecule has 1 aromatic heterocycles. The summed E-state index contributed by atoms with van der Waals surface area (Å²) in [6, 6.07) is 5.29. The first-order chi connectivity index (χ1) is 16.6. The fraction of sp³-hybridized carbons (Fsp3) is 0.500. The van der Waals surface area contributed by atoms with Crippen molar-refractivity contribution in [2.75, 3.05) is 38.1 Å². The molecule has 11 heteroatoms. The highest BCUT2D eigenvalue weighted by Crippen LogP contribution is 2.40. The molecule has 2 atom stereocenters. The van der Waals surface area contributed by atoms with Gasteiger partial charge >= 0.3 is 6.18 Å². The Bertz CT molecular complexity index is 1150. The molecule has 186 valence electrons. The zero-order valence-electron chi connectivity index (χ0n) is 19.5. The van der Waals surface area contributed by atoms with Crippen molar-refractivity contribution in [3.8, 4) is 6.07 Å². The first-order valence-electron chi connectivity index (χ1n) is 11.5. The molecule has 0 spiro atoms. The molecule has 0 radical (unpaired) electrons. The first kappa shape index (κ1) is 24.6. The Morgan fingerprint density at radius 1 is 1.20 bits per heavy atom. The van der Waals surface area contributed by atoms with Crippen molar-refractivity contribution < 1.29 is 22.8 Å². The zero-order chi connectivity index (χ0) is 25.3. The van der Waals surface area contributed by atoms with E-state index >= 15 is 0 Å². The minimum Gasteiger partial charge on any atom is -0.370 e. The van der Waals surface area contributed by atoms with Gasteiger partial charge < -0.3 is 19.7 Å². The second kappa shape index (κ2) is 9.60. The summed E-state index contributed by atoms with van der Waals surface area (Å²) < 4.78 is 42.1. The average Bonchev–Trinajstić information content (AvgIpc) is 3.49. The molecule has 2 aromatic rings. The lowest BCUT2D eigenvalue weighted by Gasteiger charge is -2.36. The van der Waals surface area contributed by atoms with Crippen LogP contribution in [-0.4, -0.2) is 59.5 Å². The average molecular weight is 489 g/mol. The Morgan fingerprint density at radius 2 is 1.91 bits per heavy atom. The molecule has 0 aliphatic carbocycles. The number of benzene rings is 1. The molecular weight excluding hydrogens is 461 g/mol. The number of amides is 2. The number of rotatable bonds is 4. The molecule has 0 unspecified atom stereocenters. The number of imidazole rings is 1. The quantitative estimate of drug-likeness (QED) is 0.714. The van der Waals surface area contributed by atoms with Crippen LogP contribution in [0.25, 0.3) is 0 Å². The Balaban J connectivity index is 1.51. The number of nitrogens with one attached hydrogen (secondary N) is 1. The lowest BCUT2D eigenvalue weighted by Crippen LogP contribution is -2.43. The molecule has 2 amide bonds. The van der Waals surface area contributed by atoms with Crippen molar-refractivity contribution in [3.63, 3.8) is 0 Å². The largest absolute Gasteiger partial charge is 0.417 e. The third-order valence-corrected chi connectivity index (χ3v) is 7.21. The van der Waals surface area contributed by atoms with Gasteiger partial charge in [-0.2, -0.15) is 18.4 Å². The van der Waals surface area contributed by atoms with E-state index in [9.17, 15) is 22.8 Å². The van der Waals surface area contributed by atoms with E-state index in [1.807, 2.05) is 0 Å². The minimum atomic E-state index is -4.65. The van der Waals surface area contributed by atoms with Crippen LogP contribution in [0.2, 0.25) is 0 Å². The van der Waals surface area contributed by atoms with E-state index in [4.69, 9.17) is 5.26 Å². The maximum atomic E-state index is 13.5. The maximum Gasteiger partial charge on any atom is 0.417 e. The molecule has 0 bridgehead atoms. The van der Waals surface area contributed by atoms with E-state index in [1.54, 1.807) is 40.9 Å². The van der Waals surface area contributed by atoms with Gasteiger partial charge in [0, 0.05) is 46.0 Å². The summed E-state index contributed by atoms with van der Waals surface area (Å²) in [7, 11) is 3.32. The van der Waals surface area contributed by atoms with Crippen LogP contribution >= 0.6 is 0 Å². The number of piperidine rings is 1. The molecule has 1 N–H and O–H groups in total. The number of carbonyl (C=O) groups is 2. The van der Waals surface area contributed by atoms with E-state index in [1.165, 1.54) is 18.3 Å². The fourth-order valence-corrected chi connectivity index (χ4v) is 5.30. The maximum absolute atomic E-state index is 13.5. The highest BCUT2D eigenvalue weighted by molar-refractivity contribution is 5.92. The molecule has 3 heterocycles. The topological polar surface area (TPSA) is 94.3 Å². The van der Waals surface area contributed by atoms with Gasteiger partial charge in [0.05, 0.1) is 35.6 Å². The second-order valence-electron chi connectivity index (χ2n) is 9.15. The van der Waals surface area contributed by atoms with E-state index in [0.29, 0.717) is 50.4 Å². The monoisotopic (exact) mass is 488 g/mol. The van der Waals surface area contributed by atoms with E-state index < -0.39 is 17.3 Å². The zero-order valence-corrected chi connectivity index (χ0v) is 19.5. The number of hydrogen-bond acceptors (Lipinski definition) is 5. The van der Waals surface area contributed by atoms with Crippen molar-refractivity contribution in [1.29, 1.82) is 5.26 Å². The Kier molecular flexibility index (Phi) is 6.74. The van der Waals surface area contributed by atoms with Gasteiger partial charge in [0.2, 0.25) is 5.91 Å². The van der Waals surface area contributed by atoms with E-state index in [2.05, 4.69) is 10.3 Å². The van der Waals surface area contributed by atoms with Gasteiger partial charge in [-0.25, -0.2) is 4.98 Å². The number of aryl methyl sites for hydroxylation is 1. The number of likely N-dealkylation sites (tertiary alicyclic amines) is 1. The van der Waals surface area contributed by atoms with E-state index in [-0.39, 0.29) is 29.6 Å². The molecule has 2 aliphatic heterocycles. The van der Waals surface area contributed by atoms with Crippen LogP contribution in [0.15, 0.2) is 30.7 Å². The van der Waals surface area contributed by atoms with Crippen LogP contribution < -0.4 is 10.2 Å². The highest BCUT2D eigenvalue weighted by Gasteiger charge is 2.43. The minimum absolute atomic E-state index is 0.0612. The summed E-state index contributed by atoms with van der Waals surface area (Å²) in [5.41, 5.74) is -0.540. The third-order valence-electron chi connectivity index (χ3n) is 7.21. The number of carbonyl (C=O) groups excluding carboxylic acids is 2. The van der Waals surface area contributed by atoms with Crippen molar-refractivity contribution in [2.45, 2.75) is 19.0 Å². The molecule has 4 rings (SSSR count). The van der Waals surface area contributed by atoms with E-state index in [0.717, 1.165) is 6.07 Å². The predicted octanol–water partition coefficient (Wildman–Crippen LogP) is 2.66. The molecule has 35 heavy (non-hydrogen) atoms. The van der Waals surface area contributed by atoms with Gasteiger partial charge in [-0.3, -0.25) is 9.59 Å². The summed E-state index contributed by atoms with van der Waals surface area (Å²) in [5.74, 6) is -0.520. The molecule has 0 saturated carbocycles. The van der Waals surface area contributed by atoms with Gasteiger partial charge in [-0.05, 0) is 42.9 Å². The van der Waals surface area contributed by atoms with Crippen LogP contribution in [0.1, 0.15) is 34.5 Å². The van der Waals surface area contributed by atoms with Gasteiger partial charge in [-0.1, -0.05) is 0 Å². The van der Waals surface area contributed by atoms with Crippen LogP contribution in [0, 0.1) is 29.1 Å². The molecule has 8 nitrogen and oxygen atoms in total. The summed E-state index contributed by atoms with van der Waals surface area (Å²) >= 11 is 0. The van der Waals surface area contributed by atoms with Crippen molar-refractivity contribution >= 4 is 17.5 Å². The molecule has 2 saturated heterocycles. The molecular formula is C24H27F3N6O2. The number of halogens is 3. The summed E-state index contributed by atoms with van der Waals surface area (Å²) in [4.78, 5) is 33.1. The lowest BCUT2D eigenvalue weighted by molar-refractivity contribution is -0.137. The molecule has 2 aliphatic rings. The Labute approximate surface area is 201 Å². The van der Waals surface area contributed by atoms with Gasteiger partial charge in [0.15, 0.2) is 0 Å². The van der Waals surface area contributed by atoms with Crippen LogP contribution in [0.4, 0.5) is 18.9 Å². The number of alkyl halides is 3. The third kappa shape index (κ3) is 4.83. The number of aromatic nitrogens is 2. The number of anilines is 1. The Hall–Kier alpha value is -3.55. The number of hydrogen-bond donors (Lipinski definition) is 1. The summed E-state index contributed by atoms with van der Waals surface area (Å²) in [6.45, 7) is 1.81. The first-order valence-corrected chi connectivity index (χ1v) is 11.5. The van der Waals surface area contributed by atoms with Crippen molar-refractivity contribution in [3.05, 3.63) is 47.5 Å².